The summed E-state index contributed by atoms with van der Waals surface area (Å²) in [5, 5.41) is 0. The maximum Gasteiger partial charge on any atom is 0.133 e. The van der Waals surface area contributed by atoms with Crippen LogP contribution in [0.15, 0.2) is 22.7 Å². The number of morpholine rings is 1. The first-order chi connectivity index (χ1) is 8.89. The van der Waals surface area contributed by atoms with Gasteiger partial charge in [-0.25, -0.2) is 0 Å². The van der Waals surface area contributed by atoms with Crippen molar-refractivity contribution >= 4 is 15.9 Å². The van der Waals surface area contributed by atoms with E-state index in [1.807, 2.05) is 6.07 Å². The second-order valence-electron chi connectivity index (χ2n) is 5.83. The van der Waals surface area contributed by atoms with Crippen LogP contribution < -0.4 is 4.74 Å². The van der Waals surface area contributed by atoms with E-state index in [0.29, 0.717) is 0 Å². The molecule has 3 nitrogen and oxygen atoms in total. The fraction of sp³-hybridized carbons (Fsp3) is 0.600. The molecule has 0 radical (unpaired) electrons. The Morgan fingerprint density at radius 3 is 2.79 bits per heavy atom. The number of halogens is 1. The summed E-state index contributed by atoms with van der Waals surface area (Å²) < 4.78 is 12.2. The van der Waals surface area contributed by atoms with Crippen LogP contribution in [0.2, 0.25) is 0 Å². The predicted molar refractivity (Wildman–Crippen MR) is 80.6 cm³/mol. The molecule has 1 aliphatic rings. The predicted octanol–water partition coefficient (Wildman–Crippen LogP) is 3.46. The first-order valence-corrected chi connectivity index (χ1v) is 7.41. The lowest BCUT2D eigenvalue weighted by Gasteiger charge is -2.41. The highest BCUT2D eigenvalue weighted by Crippen LogP contribution is 2.27. The van der Waals surface area contributed by atoms with Crippen LogP contribution in [0.3, 0.4) is 0 Å². The summed E-state index contributed by atoms with van der Waals surface area (Å²) in [7, 11) is 1.69. The molecule has 0 amide bonds. The van der Waals surface area contributed by atoms with Gasteiger partial charge in [-0.3, -0.25) is 4.90 Å². The molecule has 19 heavy (non-hydrogen) atoms. The third kappa shape index (κ3) is 3.94. The monoisotopic (exact) mass is 327 g/mol. The van der Waals surface area contributed by atoms with Crippen molar-refractivity contribution in [2.75, 3.05) is 20.2 Å². The van der Waals surface area contributed by atoms with Crippen LogP contribution in [0.25, 0.3) is 0 Å². The molecule has 0 spiro atoms. The minimum absolute atomic E-state index is 0.0681. The smallest absolute Gasteiger partial charge is 0.133 e. The molecule has 1 heterocycles. The molecule has 0 bridgehead atoms. The Hall–Kier alpha value is -0.580. The second kappa shape index (κ2) is 5.81. The average molecular weight is 328 g/mol. The van der Waals surface area contributed by atoms with E-state index in [2.05, 4.69) is 53.7 Å². The van der Waals surface area contributed by atoms with Crippen LogP contribution in [0.4, 0.5) is 0 Å². The van der Waals surface area contributed by atoms with Crippen LogP contribution in [0, 0.1) is 0 Å². The van der Waals surface area contributed by atoms with E-state index in [0.717, 1.165) is 29.9 Å². The summed E-state index contributed by atoms with van der Waals surface area (Å²) in [5.41, 5.74) is 1.22. The molecule has 2 rings (SSSR count). The summed E-state index contributed by atoms with van der Waals surface area (Å²) in [6.07, 6.45) is 0.283. The third-order valence-electron chi connectivity index (χ3n) is 3.26. The van der Waals surface area contributed by atoms with Crippen LogP contribution in [0.5, 0.6) is 5.75 Å². The van der Waals surface area contributed by atoms with Crippen molar-refractivity contribution in [3.05, 3.63) is 28.2 Å². The highest BCUT2D eigenvalue weighted by Gasteiger charge is 2.31. The Bertz CT molecular complexity index is 448. The molecule has 1 aromatic rings. The van der Waals surface area contributed by atoms with Crippen molar-refractivity contribution in [2.45, 2.75) is 39.0 Å². The number of rotatable bonds is 3. The summed E-state index contributed by atoms with van der Waals surface area (Å²) >= 11 is 3.54. The van der Waals surface area contributed by atoms with Gasteiger partial charge in [0, 0.05) is 19.6 Å². The van der Waals surface area contributed by atoms with Crippen LogP contribution >= 0.6 is 15.9 Å². The van der Waals surface area contributed by atoms with Crippen LogP contribution in [-0.2, 0) is 11.3 Å². The number of hydrogen-bond acceptors (Lipinski definition) is 3. The number of ether oxygens (including phenoxy) is 2. The van der Waals surface area contributed by atoms with Gasteiger partial charge in [0.2, 0.25) is 0 Å². The molecule has 0 saturated carbocycles. The molecule has 106 valence electrons. The van der Waals surface area contributed by atoms with Crippen molar-refractivity contribution in [3.63, 3.8) is 0 Å². The van der Waals surface area contributed by atoms with Crippen molar-refractivity contribution in [3.8, 4) is 5.75 Å². The lowest BCUT2D eigenvalue weighted by atomic mass is 10.0. The molecule has 0 N–H and O–H groups in total. The fourth-order valence-electron chi connectivity index (χ4n) is 2.77. The van der Waals surface area contributed by atoms with Gasteiger partial charge in [-0.2, -0.15) is 0 Å². The van der Waals surface area contributed by atoms with Gasteiger partial charge in [0.1, 0.15) is 5.75 Å². The summed E-state index contributed by atoms with van der Waals surface area (Å²) in [6, 6.07) is 6.26. The lowest BCUT2D eigenvalue weighted by molar-refractivity contribution is -0.130. The first kappa shape index (κ1) is 14.8. The molecule has 0 aliphatic carbocycles. The van der Waals surface area contributed by atoms with Gasteiger partial charge >= 0.3 is 0 Å². The Morgan fingerprint density at radius 1 is 1.47 bits per heavy atom. The van der Waals surface area contributed by atoms with E-state index >= 15 is 0 Å². The largest absolute Gasteiger partial charge is 0.496 e. The Labute approximate surface area is 124 Å². The number of hydrogen-bond donors (Lipinski definition) is 0. The highest BCUT2D eigenvalue weighted by molar-refractivity contribution is 9.10. The summed E-state index contributed by atoms with van der Waals surface area (Å²) in [5.74, 6) is 0.874. The molecule has 0 aromatic heterocycles. The molecular weight excluding hydrogens is 306 g/mol. The van der Waals surface area contributed by atoms with Crippen molar-refractivity contribution < 1.29 is 9.47 Å². The normalized spacial score (nSPS) is 23.3. The fourth-order valence-corrected chi connectivity index (χ4v) is 3.36. The van der Waals surface area contributed by atoms with Crippen molar-refractivity contribution in [2.24, 2.45) is 0 Å². The number of benzene rings is 1. The van der Waals surface area contributed by atoms with E-state index < -0.39 is 0 Å². The van der Waals surface area contributed by atoms with Crippen molar-refractivity contribution in [1.82, 2.24) is 4.90 Å². The van der Waals surface area contributed by atoms with Gasteiger partial charge in [-0.05, 0) is 54.4 Å². The standard InChI is InChI=1S/C15H22BrNO2/c1-11-8-17(10-15(2,3)19-11)9-12-5-6-14(18-4)13(16)7-12/h5-7,11H,8-10H2,1-4H3. The van der Waals surface area contributed by atoms with Crippen molar-refractivity contribution in [1.29, 1.82) is 0 Å². The lowest BCUT2D eigenvalue weighted by Crippen LogP contribution is -2.51. The van der Waals surface area contributed by atoms with Gasteiger partial charge in [0.15, 0.2) is 0 Å². The Balaban J connectivity index is 2.06. The van der Waals surface area contributed by atoms with Gasteiger partial charge in [-0.15, -0.1) is 0 Å². The van der Waals surface area contributed by atoms with E-state index in [1.165, 1.54) is 5.56 Å². The van der Waals surface area contributed by atoms with Crippen LogP contribution in [-0.4, -0.2) is 36.8 Å². The van der Waals surface area contributed by atoms with E-state index in [9.17, 15) is 0 Å². The molecule has 1 fully saturated rings. The summed E-state index contributed by atoms with van der Waals surface area (Å²) in [6.45, 7) is 9.32. The van der Waals surface area contributed by atoms with Gasteiger partial charge < -0.3 is 9.47 Å². The van der Waals surface area contributed by atoms with E-state index in [-0.39, 0.29) is 11.7 Å². The average Bonchev–Trinajstić information content (AvgIpc) is 2.26. The SMILES string of the molecule is COc1ccc(CN2CC(C)OC(C)(C)C2)cc1Br. The first-order valence-electron chi connectivity index (χ1n) is 6.62. The third-order valence-corrected chi connectivity index (χ3v) is 3.88. The molecule has 1 aromatic carbocycles. The number of methoxy groups -OCH3 is 1. The molecule has 1 aliphatic heterocycles. The van der Waals surface area contributed by atoms with E-state index in [4.69, 9.17) is 9.47 Å². The Kier molecular flexibility index (Phi) is 4.54. The molecule has 4 heteroatoms. The number of nitrogens with zero attached hydrogens (tertiary/aromatic N) is 1. The Morgan fingerprint density at radius 2 is 2.21 bits per heavy atom. The zero-order valence-electron chi connectivity index (χ0n) is 12.1. The highest BCUT2D eigenvalue weighted by atomic mass is 79.9. The molecule has 1 atom stereocenters. The van der Waals surface area contributed by atoms with Gasteiger partial charge in [-0.1, -0.05) is 6.07 Å². The van der Waals surface area contributed by atoms with Crippen LogP contribution in [0.1, 0.15) is 26.3 Å². The maximum absolute atomic E-state index is 5.93. The summed E-state index contributed by atoms with van der Waals surface area (Å²) in [4.78, 5) is 2.45. The molecule has 1 unspecified atom stereocenters. The van der Waals surface area contributed by atoms with Gasteiger partial charge in [0.25, 0.3) is 0 Å². The van der Waals surface area contributed by atoms with Gasteiger partial charge in [0.05, 0.1) is 23.3 Å². The zero-order chi connectivity index (χ0) is 14.0. The quantitative estimate of drug-likeness (QED) is 0.848. The molecule has 1 saturated heterocycles. The maximum atomic E-state index is 5.93. The minimum Gasteiger partial charge on any atom is -0.496 e. The minimum atomic E-state index is -0.0681. The topological polar surface area (TPSA) is 21.7 Å². The second-order valence-corrected chi connectivity index (χ2v) is 6.68. The zero-order valence-corrected chi connectivity index (χ0v) is 13.7. The van der Waals surface area contributed by atoms with E-state index in [1.54, 1.807) is 7.11 Å². The molecular formula is C15H22BrNO2.